The predicted molar refractivity (Wildman–Crippen MR) is 106 cm³/mol. The zero-order valence-electron chi connectivity index (χ0n) is 15.9. The lowest BCUT2D eigenvalue weighted by Crippen LogP contribution is -2.30. The number of anilines is 2. The van der Waals surface area contributed by atoms with Crippen LogP contribution in [0.2, 0.25) is 0 Å². The zero-order valence-corrected chi connectivity index (χ0v) is 15.9. The smallest absolute Gasteiger partial charge is 0.306 e. The van der Waals surface area contributed by atoms with Crippen molar-refractivity contribution in [2.24, 2.45) is 0 Å². The first kappa shape index (κ1) is 21.0. The number of nitrogens with one attached hydrogen (secondary N) is 2. The number of hydrogen-bond acceptors (Lipinski definition) is 5. The molecule has 0 heterocycles. The van der Waals surface area contributed by atoms with Crippen molar-refractivity contribution in [1.29, 1.82) is 0 Å². The van der Waals surface area contributed by atoms with Crippen LogP contribution in [0.15, 0.2) is 54.6 Å². The van der Waals surface area contributed by atoms with Crippen molar-refractivity contribution in [2.45, 2.75) is 32.8 Å². The number of hydrogen-bond donors (Lipinski definition) is 2. The van der Waals surface area contributed by atoms with Crippen LogP contribution in [0.3, 0.4) is 0 Å². The second-order valence-corrected chi connectivity index (χ2v) is 6.14. The van der Waals surface area contributed by atoms with Crippen LogP contribution in [-0.4, -0.2) is 30.5 Å². The summed E-state index contributed by atoms with van der Waals surface area (Å²) in [6.45, 7) is 3.32. The maximum absolute atomic E-state index is 12.1. The average molecular weight is 384 g/mol. The van der Waals surface area contributed by atoms with E-state index in [9.17, 15) is 14.4 Å². The molecule has 2 amide bonds. The number of benzene rings is 2. The highest BCUT2D eigenvalue weighted by Gasteiger charge is 2.17. The molecule has 0 fully saturated rings. The summed E-state index contributed by atoms with van der Waals surface area (Å²) >= 11 is 0. The van der Waals surface area contributed by atoms with Crippen LogP contribution in [0.4, 0.5) is 11.4 Å². The Morgan fingerprint density at radius 2 is 1.54 bits per heavy atom. The van der Waals surface area contributed by atoms with Crippen molar-refractivity contribution < 1.29 is 23.9 Å². The number of rotatable bonds is 9. The molecule has 2 aromatic carbocycles. The van der Waals surface area contributed by atoms with Gasteiger partial charge in [-0.3, -0.25) is 14.4 Å². The molecule has 2 rings (SSSR count). The zero-order chi connectivity index (χ0) is 20.4. The average Bonchev–Trinajstić information content (AvgIpc) is 2.67. The van der Waals surface area contributed by atoms with Gasteiger partial charge >= 0.3 is 5.97 Å². The largest absolute Gasteiger partial charge is 0.494 e. The van der Waals surface area contributed by atoms with E-state index in [0.717, 1.165) is 5.75 Å². The molecule has 1 atom stereocenters. The molecule has 0 radical (unpaired) electrons. The lowest BCUT2D eigenvalue weighted by molar-refractivity contribution is -0.153. The topological polar surface area (TPSA) is 93.7 Å². The number of ether oxygens (including phenoxy) is 2. The van der Waals surface area contributed by atoms with Crippen LogP contribution in [0.25, 0.3) is 0 Å². The lowest BCUT2D eigenvalue weighted by Gasteiger charge is -2.14. The molecule has 0 spiro atoms. The van der Waals surface area contributed by atoms with E-state index in [1.807, 2.05) is 30.3 Å². The number of para-hydroxylation sites is 1. The Bertz CT molecular complexity index is 790. The Hall–Kier alpha value is -3.35. The van der Waals surface area contributed by atoms with Gasteiger partial charge in [-0.15, -0.1) is 0 Å². The molecule has 0 bridgehead atoms. The van der Waals surface area contributed by atoms with Gasteiger partial charge in [-0.1, -0.05) is 18.2 Å². The Morgan fingerprint density at radius 3 is 2.14 bits per heavy atom. The van der Waals surface area contributed by atoms with E-state index >= 15 is 0 Å². The summed E-state index contributed by atoms with van der Waals surface area (Å²) in [7, 11) is 0. The minimum absolute atomic E-state index is 0.163. The normalized spacial score (nSPS) is 11.2. The second-order valence-electron chi connectivity index (χ2n) is 6.14. The third-order valence-electron chi connectivity index (χ3n) is 3.69. The summed E-state index contributed by atoms with van der Waals surface area (Å²) in [6, 6.07) is 16.0. The molecule has 0 aliphatic carbocycles. The molecule has 1 unspecified atom stereocenters. The molecular formula is C21H24N2O5. The maximum atomic E-state index is 12.1. The van der Waals surface area contributed by atoms with E-state index in [4.69, 9.17) is 9.47 Å². The molecule has 148 valence electrons. The summed E-state index contributed by atoms with van der Waals surface area (Å²) in [5.74, 6) is -0.318. The van der Waals surface area contributed by atoms with E-state index in [0.29, 0.717) is 24.4 Å². The molecular weight excluding hydrogens is 360 g/mol. The monoisotopic (exact) mass is 384 g/mol. The first-order valence-corrected chi connectivity index (χ1v) is 9.00. The van der Waals surface area contributed by atoms with Crippen molar-refractivity contribution in [3.8, 4) is 5.75 Å². The van der Waals surface area contributed by atoms with Crippen molar-refractivity contribution >= 4 is 29.2 Å². The van der Waals surface area contributed by atoms with Gasteiger partial charge in [0.25, 0.3) is 5.91 Å². The summed E-state index contributed by atoms with van der Waals surface area (Å²) < 4.78 is 10.7. The summed E-state index contributed by atoms with van der Waals surface area (Å²) in [5, 5.41) is 5.30. The van der Waals surface area contributed by atoms with Crippen LogP contribution in [0, 0.1) is 0 Å². The fourth-order valence-electron chi connectivity index (χ4n) is 2.32. The van der Waals surface area contributed by atoms with E-state index < -0.39 is 18.0 Å². The highest BCUT2D eigenvalue weighted by molar-refractivity contribution is 5.95. The van der Waals surface area contributed by atoms with Gasteiger partial charge in [-0.05, 0) is 49.7 Å². The molecule has 2 aromatic rings. The van der Waals surface area contributed by atoms with Crippen LogP contribution < -0.4 is 15.4 Å². The second kappa shape index (κ2) is 10.7. The van der Waals surface area contributed by atoms with Crippen LogP contribution in [-0.2, 0) is 19.1 Å². The summed E-state index contributed by atoms with van der Waals surface area (Å²) in [5.41, 5.74) is 1.17. The Morgan fingerprint density at radius 1 is 0.929 bits per heavy atom. The fraction of sp³-hybridized carbons (Fsp3) is 0.286. The van der Waals surface area contributed by atoms with E-state index in [1.165, 1.54) is 13.8 Å². The van der Waals surface area contributed by atoms with E-state index in [1.54, 1.807) is 24.3 Å². The van der Waals surface area contributed by atoms with Crippen LogP contribution in [0.1, 0.15) is 26.7 Å². The van der Waals surface area contributed by atoms with Gasteiger partial charge in [0.15, 0.2) is 6.10 Å². The van der Waals surface area contributed by atoms with Gasteiger partial charge in [-0.2, -0.15) is 0 Å². The molecule has 0 aliphatic rings. The van der Waals surface area contributed by atoms with E-state index in [-0.39, 0.29) is 12.3 Å². The number of amides is 2. The van der Waals surface area contributed by atoms with Gasteiger partial charge in [0.2, 0.25) is 5.91 Å². The number of carbonyl (C=O) groups is 3. The summed E-state index contributed by atoms with van der Waals surface area (Å²) in [6.07, 6.45) is -0.264. The lowest BCUT2D eigenvalue weighted by atomic mass is 10.2. The van der Waals surface area contributed by atoms with Crippen molar-refractivity contribution in [1.82, 2.24) is 0 Å². The predicted octanol–water partition coefficient (Wildman–Crippen LogP) is 3.37. The molecule has 0 aromatic heterocycles. The number of carbonyl (C=O) groups excluding carboxylic acids is 3. The van der Waals surface area contributed by atoms with Crippen molar-refractivity contribution in [3.05, 3.63) is 54.6 Å². The minimum atomic E-state index is -0.919. The first-order valence-electron chi connectivity index (χ1n) is 9.00. The van der Waals surface area contributed by atoms with Crippen LogP contribution in [0.5, 0.6) is 5.75 Å². The quantitative estimate of drug-likeness (QED) is 0.511. The Balaban J connectivity index is 1.69. The van der Waals surface area contributed by atoms with E-state index in [2.05, 4.69) is 10.6 Å². The third-order valence-corrected chi connectivity index (χ3v) is 3.69. The maximum Gasteiger partial charge on any atom is 0.306 e. The SMILES string of the molecule is CC(=O)Nc1ccc(NC(=O)C(C)OC(=O)CCCOc2ccccc2)cc1. The molecule has 0 saturated heterocycles. The molecule has 7 heteroatoms. The minimum Gasteiger partial charge on any atom is -0.494 e. The Kier molecular flexibility index (Phi) is 8.02. The molecule has 0 saturated carbocycles. The van der Waals surface area contributed by atoms with Crippen molar-refractivity contribution in [2.75, 3.05) is 17.2 Å². The van der Waals surface area contributed by atoms with Crippen LogP contribution >= 0.6 is 0 Å². The first-order chi connectivity index (χ1) is 13.4. The highest BCUT2D eigenvalue weighted by Crippen LogP contribution is 2.14. The molecule has 7 nitrogen and oxygen atoms in total. The Labute approximate surface area is 164 Å². The standard InChI is InChI=1S/C21H24N2O5/c1-15(21(26)23-18-12-10-17(11-13-18)22-16(2)24)28-20(25)9-6-14-27-19-7-4-3-5-8-19/h3-5,7-8,10-13,15H,6,9,14H2,1-2H3,(H,22,24)(H,23,26). The van der Waals surface area contributed by atoms with Crippen molar-refractivity contribution in [3.63, 3.8) is 0 Å². The molecule has 2 N–H and O–H groups in total. The highest BCUT2D eigenvalue weighted by atomic mass is 16.5. The number of esters is 1. The van der Waals surface area contributed by atoms with Gasteiger partial charge < -0.3 is 20.1 Å². The van der Waals surface area contributed by atoms with Gasteiger partial charge in [0.05, 0.1) is 6.61 Å². The molecule has 0 aliphatic heterocycles. The third kappa shape index (κ3) is 7.49. The van der Waals surface area contributed by atoms with Gasteiger partial charge in [0.1, 0.15) is 5.75 Å². The molecule has 28 heavy (non-hydrogen) atoms. The fourth-order valence-corrected chi connectivity index (χ4v) is 2.32. The van der Waals surface area contributed by atoms with Gasteiger partial charge in [-0.25, -0.2) is 0 Å². The summed E-state index contributed by atoms with van der Waals surface area (Å²) in [4.78, 5) is 35.0. The van der Waals surface area contributed by atoms with Gasteiger partial charge in [0, 0.05) is 24.7 Å².